The summed E-state index contributed by atoms with van der Waals surface area (Å²) in [7, 11) is 0. The largest absolute Gasteiger partial charge is 0.490 e. The van der Waals surface area contributed by atoms with Crippen LogP contribution in [0.3, 0.4) is 0 Å². The fraction of sp³-hybridized carbons (Fsp3) is 0.217. The maximum Gasteiger partial charge on any atom is 0.180 e. The van der Waals surface area contributed by atoms with E-state index in [-0.39, 0.29) is 0 Å². The summed E-state index contributed by atoms with van der Waals surface area (Å²) in [6.07, 6.45) is 0. The van der Waals surface area contributed by atoms with E-state index in [0.29, 0.717) is 36.3 Å². The van der Waals surface area contributed by atoms with Gasteiger partial charge in [0.2, 0.25) is 0 Å². The van der Waals surface area contributed by atoms with Gasteiger partial charge in [-0.2, -0.15) is 0 Å². The van der Waals surface area contributed by atoms with Gasteiger partial charge in [-0.25, -0.2) is 0 Å². The molecule has 0 aliphatic carbocycles. The van der Waals surface area contributed by atoms with E-state index >= 15 is 0 Å². The second-order valence-electron chi connectivity index (χ2n) is 6.42. The standard InChI is InChI=1S/C23H23BrClNO2/c1-3-27-22-13-18(14-26-21-7-5-4-6-16(21)2)12-20(25)23(22)28-15-17-8-10-19(24)11-9-17/h4-13,26H,3,14-15H2,1-2H3. The van der Waals surface area contributed by atoms with Crippen molar-refractivity contribution in [1.82, 2.24) is 0 Å². The van der Waals surface area contributed by atoms with E-state index in [9.17, 15) is 0 Å². The van der Waals surface area contributed by atoms with Gasteiger partial charge in [0.25, 0.3) is 0 Å². The van der Waals surface area contributed by atoms with Gasteiger partial charge < -0.3 is 14.8 Å². The van der Waals surface area contributed by atoms with Crippen molar-refractivity contribution in [1.29, 1.82) is 0 Å². The highest BCUT2D eigenvalue weighted by atomic mass is 79.9. The molecular weight excluding hydrogens is 438 g/mol. The van der Waals surface area contributed by atoms with Gasteiger partial charge in [0.15, 0.2) is 11.5 Å². The van der Waals surface area contributed by atoms with E-state index in [1.807, 2.05) is 55.5 Å². The van der Waals surface area contributed by atoms with E-state index in [1.165, 1.54) is 5.56 Å². The van der Waals surface area contributed by atoms with Crippen LogP contribution in [0.5, 0.6) is 11.5 Å². The van der Waals surface area contributed by atoms with E-state index in [4.69, 9.17) is 21.1 Å². The molecule has 0 aliphatic heterocycles. The minimum Gasteiger partial charge on any atom is -0.490 e. The van der Waals surface area contributed by atoms with Crippen LogP contribution < -0.4 is 14.8 Å². The molecule has 0 aliphatic rings. The zero-order chi connectivity index (χ0) is 19.9. The van der Waals surface area contributed by atoms with Crippen molar-refractivity contribution in [3.8, 4) is 11.5 Å². The molecule has 0 radical (unpaired) electrons. The van der Waals surface area contributed by atoms with Crippen LogP contribution in [0.25, 0.3) is 0 Å². The summed E-state index contributed by atoms with van der Waals surface area (Å²) in [5.74, 6) is 1.24. The van der Waals surface area contributed by atoms with Gasteiger partial charge in [-0.05, 0) is 60.9 Å². The maximum atomic E-state index is 6.53. The molecule has 28 heavy (non-hydrogen) atoms. The highest BCUT2D eigenvalue weighted by molar-refractivity contribution is 9.10. The number of anilines is 1. The van der Waals surface area contributed by atoms with Crippen LogP contribution in [-0.2, 0) is 13.2 Å². The Morgan fingerprint density at radius 2 is 1.71 bits per heavy atom. The SMILES string of the molecule is CCOc1cc(CNc2ccccc2C)cc(Cl)c1OCc1ccc(Br)cc1. The Bertz CT molecular complexity index is 928. The van der Waals surface area contributed by atoms with Gasteiger partial charge in [0, 0.05) is 16.7 Å². The Morgan fingerprint density at radius 3 is 2.43 bits per heavy atom. The molecule has 0 saturated heterocycles. The second-order valence-corrected chi connectivity index (χ2v) is 7.74. The van der Waals surface area contributed by atoms with Crippen molar-refractivity contribution in [3.05, 3.63) is 86.8 Å². The van der Waals surface area contributed by atoms with Gasteiger partial charge in [-0.3, -0.25) is 0 Å². The summed E-state index contributed by atoms with van der Waals surface area (Å²) in [6, 6.07) is 20.1. The fourth-order valence-corrected chi connectivity index (χ4v) is 3.38. The third-order valence-corrected chi connectivity index (χ3v) is 5.10. The lowest BCUT2D eigenvalue weighted by Gasteiger charge is -2.16. The highest BCUT2D eigenvalue weighted by Crippen LogP contribution is 2.37. The summed E-state index contributed by atoms with van der Waals surface area (Å²) in [5, 5.41) is 3.99. The normalized spacial score (nSPS) is 10.6. The lowest BCUT2D eigenvalue weighted by atomic mass is 10.1. The first-order chi connectivity index (χ1) is 13.6. The first-order valence-corrected chi connectivity index (χ1v) is 10.4. The number of rotatable bonds is 8. The van der Waals surface area contributed by atoms with Crippen molar-refractivity contribution in [3.63, 3.8) is 0 Å². The quantitative estimate of drug-likeness (QED) is 0.392. The molecule has 0 heterocycles. The second kappa shape index (κ2) is 9.85. The number of aryl methyl sites for hydroxylation is 1. The van der Waals surface area contributed by atoms with E-state index in [2.05, 4.69) is 40.3 Å². The van der Waals surface area contributed by atoms with E-state index in [0.717, 1.165) is 21.3 Å². The minimum atomic E-state index is 0.424. The van der Waals surface area contributed by atoms with Crippen molar-refractivity contribution >= 4 is 33.2 Å². The zero-order valence-corrected chi connectivity index (χ0v) is 18.3. The van der Waals surface area contributed by atoms with Crippen LogP contribution in [0.4, 0.5) is 5.69 Å². The molecule has 1 N–H and O–H groups in total. The van der Waals surface area contributed by atoms with Crippen LogP contribution in [0, 0.1) is 6.92 Å². The Balaban J connectivity index is 1.75. The Labute approximate surface area is 179 Å². The number of nitrogens with one attached hydrogen (secondary N) is 1. The van der Waals surface area contributed by atoms with Gasteiger partial charge in [0.1, 0.15) is 6.61 Å². The van der Waals surface area contributed by atoms with Crippen molar-refractivity contribution in [2.45, 2.75) is 27.0 Å². The molecule has 0 amide bonds. The molecular formula is C23H23BrClNO2. The predicted octanol–water partition coefficient (Wildman–Crippen LogP) is 7.00. The topological polar surface area (TPSA) is 30.5 Å². The lowest BCUT2D eigenvalue weighted by Crippen LogP contribution is -2.04. The summed E-state index contributed by atoms with van der Waals surface area (Å²) >= 11 is 9.98. The summed E-state index contributed by atoms with van der Waals surface area (Å²) < 4.78 is 12.8. The summed E-state index contributed by atoms with van der Waals surface area (Å²) in [6.45, 7) is 5.65. The third kappa shape index (κ3) is 5.43. The van der Waals surface area contributed by atoms with Crippen molar-refractivity contribution in [2.75, 3.05) is 11.9 Å². The van der Waals surface area contributed by atoms with E-state index in [1.54, 1.807) is 0 Å². The van der Waals surface area contributed by atoms with Crippen molar-refractivity contribution in [2.24, 2.45) is 0 Å². The number of para-hydroxylation sites is 1. The van der Waals surface area contributed by atoms with Crippen LogP contribution in [0.1, 0.15) is 23.6 Å². The Hall–Kier alpha value is -2.17. The van der Waals surface area contributed by atoms with Gasteiger partial charge in [0.05, 0.1) is 11.6 Å². The number of ether oxygens (including phenoxy) is 2. The molecule has 0 bridgehead atoms. The molecule has 0 aromatic heterocycles. The summed E-state index contributed by atoms with van der Waals surface area (Å²) in [4.78, 5) is 0. The van der Waals surface area contributed by atoms with Gasteiger partial charge >= 0.3 is 0 Å². The lowest BCUT2D eigenvalue weighted by molar-refractivity contribution is 0.269. The molecule has 5 heteroatoms. The first kappa shape index (κ1) is 20.6. The van der Waals surface area contributed by atoms with Gasteiger partial charge in [-0.1, -0.05) is 57.9 Å². The minimum absolute atomic E-state index is 0.424. The molecule has 3 rings (SSSR count). The fourth-order valence-electron chi connectivity index (χ4n) is 2.83. The number of hydrogen-bond donors (Lipinski definition) is 1. The molecule has 0 spiro atoms. The average molecular weight is 461 g/mol. The zero-order valence-electron chi connectivity index (χ0n) is 16.0. The molecule has 0 unspecified atom stereocenters. The monoisotopic (exact) mass is 459 g/mol. The van der Waals surface area contributed by atoms with Crippen LogP contribution in [0.15, 0.2) is 65.1 Å². The molecule has 0 atom stereocenters. The number of halogens is 2. The molecule has 3 aromatic rings. The first-order valence-electron chi connectivity index (χ1n) is 9.18. The Morgan fingerprint density at radius 1 is 0.964 bits per heavy atom. The number of hydrogen-bond acceptors (Lipinski definition) is 3. The summed E-state index contributed by atoms with van der Waals surface area (Å²) in [5.41, 5.74) is 4.40. The maximum absolute atomic E-state index is 6.53. The molecule has 0 fully saturated rings. The molecule has 3 nitrogen and oxygen atoms in total. The molecule has 0 saturated carbocycles. The molecule has 146 valence electrons. The predicted molar refractivity (Wildman–Crippen MR) is 120 cm³/mol. The van der Waals surface area contributed by atoms with Crippen LogP contribution in [-0.4, -0.2) is 6.61 Å². The van der Waals surface area contributed by atoms with Gasteiger partial charge in [-0.15, -0.1) is 0 Å². The van der Waals surface area contributed by atoms with Crippen LogP contribution in [0.2, 0.25) is 5.02 Å². The Kier molecular flexibility index (Phi) is 7.24. The van der Waals surface area contributed by atoms with Crippen LogP contribution >= 0.6 is 27.5 Å². The third-order valence-electron chi connectivity index (χ3n) is 4.29. The smallest absolute Gasteiger partial charge is 0.180 e. The van der Waals surface area contributed by atoms with E-state index < -0.39 is 0 Å². The average Bonchev–Trinajstić information content (AvgIpc) is 2.68. The highest BCUT2D eigenvalue weighted by Gasteiger charge is 2.13. The number of benzene rings is 3. The molecule has 3 aromatic carbocycles. The van der Waals surface area contributed by atoms with Crippen molar-refractivity contribution < 1.29 is 9.47 Å².